The van der Waals surface area contributed by atoms with E-state index >= 15 is 0 Å². The Balaban J connectivity index is 2.57. The molecule has 0 aliphatic heterocycles. The van der Waals surface area contributed by atoms with Crippen molar-refractivity contribution >= 4 is 50.8 Å². The van der Waals surface area contributed by atoms with Crippen LogP contribution in [0.2, 0.25) is 5.15 Å². The first-order valence-electron chi connectivity index (χ1n) is 5.82. The van der Waals surface area contributed by atoms with Crippen LogP contribution in [0.25, 0.3) is 10.2 Å². The Morgan fingerprint density at radius 3 is 2.76 bits per heavy atom. The number of nitrogen functional groups attached to an aromatic ring is 1. The predicted octanol–water partition coefficient (Wildman–Crippen LogP) is 2.43. The Morgan fingerprint density at radius 1 is 1.52 bits per heavy atom. The number of nitriles is 1. The molecule has 2 heterocycles. The predicted molar refractivity (Wildman–Crippen MR) is 81.5 cm³/mol. The quantitative estimate of drug-likeness (QED) is 0.657. The summed E-state index contributed by atoms with van der Waals surface area (Å²) in [7, 11) is 1.27. The van der Waals surface area contributed by atoms with Crippen molar-refractivity contribution in [2.24, 2.45) is 0 Å². The van der Waals surface area contributed by atoms with Crippen molar-refractivity contribution in [2.45, 2.75) is 19.4 Å². The molecule has 0 amide bonds. The molecule has 0 aromatic carbocycles. The maximum atomic E-state index is 11.6. The minimum absolute atomic E-state index is 0.111. The van der Waals surface area contributed by atoms with Crippen LogP contribution in [0.1, 0.15) is 23.5 Å². The lowest BCUT2D eigenvalue weighted by molar-refractivity contribution is 0.0607. The number of aromatic nitrogens is 2. The van der Waals surface area contributed by atoms with E-state index < -0.39 is 11.5 Å². The molecule has 0 bridgehead atoms. The van der Waals surface area contributed by atoms with Crippen LogP contribution in [0.3, 0.4) is 0 Å². The fourth-order valence-electron chi connectivity index (χ4n) is 1.59. The lowest BCUT2D eigenvalue weighted by Gasteiger charge is -2.17. The number of carbonyl (C=O) groups excluding carboxylic acids is 1. The molecular formula is C12H12ClN5O2S. The zero-order valence-corrected chi connectivity index (χ0v) is 13.1. The SMILES string of the molecule is COC(=O)c1sc2nc(NC(C)(C)C#N)nc(Cl)c2c1N. The molecule has 0 radical (unpaired) electrons. The number of nitrogens with two attached hydrogens (primary N) is 1. The molecule has 3 N–H and O–H groups in total. The van der Waals surface area contributed by atoms with Crippen LogP contribution in [-0.2, 0) is 4.74 Å². The van der Waals surface area contributed by atoms with Crippen molar-refractivity contribution in [3.8, 4) is 6.07 Å². The van der Waals surface area contributed by atoms with E-state index in [2.05, 4.69) is 26.1 Å². The van der Waals surface area contributed by atoms with Gasteiger partial charge in [-0.3, -0.25) is 0 Å². The van der Waals surface area contributed by atoms with E-state index in [1.54, 1.807) is 13.8 Å². The van der Waals surface area contributed by atoms with Gasteiger partial charge in [0.15, 0.2) is 0 Å². The van der Waals surface area contributed by atoms with Gasteiger partial charge in [0.1, 0.15) is 20.4 Å². The smallest absolute Gasteiger partial charge is 0.350 e. The minimum atomic E-state index is -0.856. The number of halogens is 1. The lowest BCUT2D eigenvalue weighted by atomic mass is 10.1. The molecule has 0 fully saturated rings. The number of thiophene rings is 1. The van der Waals surface area contributed by atoms with Gasteiger partial charge in [-0.05, 0) is 13.8 Å². The zero-order valence-electron chi connectivity index (χ0n) is 11.5. The first kappa shape index (κ1) is 15.3. The molecular weight excluding hydrogens is 314 g/mol. The van der Waals surface area contributed by atoms with Gasteiger partial charge in [-0.1, -0.05) is 11.6 Å². The fourth-order valence-corrected chi connectivity index (χ4v) is 2.93. The molecule has 0 saturated heterocycles. The number of rotatable bonds is 3. The van der Waals surface area contributed by atoms with E-state index in [9.17, 15) is 4.79 Å². The van der Waals surface area contributed by atoms with Gasteiger partial charge in [0, 0.05) is 0 Å². The van der Waals surface area contributed by atoms with Crippen molar-refractivity contribution in [1.29, 1.82) is 5.26 Å². The summed E-state index contributed by atoms with van der Waals surface area (Å²) in [6.07, 6.45) is 0. The van der Waals surface area contributed by atoms with Gasteiger partial charge >= 0.3 is 5.97 Å². The van der Waals surface area contributed by atoms with Crippen LogP contribution in [0, 0.1) is 11.3 Å². The molecule has 0 saturated carbocycles. The summed E-state index contributed by atoms with van der Waals surface area (Å²) in [4.78, 5) is 20.6. The molecule has 0 aliphatic rings. The summed E-state index contributed by atoms with van der Waals surface area (Å²) in [6.45, 7) is 3.36. The number of carbonyl (C=O) groups is 1. The van der Waals surface area contributed by atoms with Crippen molar-refractivity contribution in [2.75, 3.05) is 18.2 Å². The van der Waals surface area contributed by atoms with E-state index in [0.717, 1.165) is 11.3 Å². The summed E-state index contributed by atoms with van der Waals surface area (Å²) in [5.41, 5.74) is 5.23. The van der Waals surface area contributed by atoms with Gasteiger partial charge in [0.25, 0.3) is 0 Å². The summed E-state index contributed by atoms with van der Waals surface area (Å²) in [6, 6.07) is 2.07. The Morgan fingerprint density at radius 2 is 2.19 bits per heavy atom. The summed E-state index contributed by atoms with van der Waals surface area (Å²) in [5.74, 6) is -0.366. The van der Waals surface area contributed by atoms with Crippen LogP contribution < -0.4 is 11.1 Å². The molecule has 0 unspecified atom stereocenters. The van der Waals surface area contributed by atoms with Gasteiger partial charge in [0.05, 0.1) is 24.3 Å². The molecule has 0 aliphatic carbocycles. The van der Waals surface area contributed by atoms with Crippen molar-refractivity contribution in [1.82, 2.24) is 9.97 Å². The van der Waals surface area contributed by atoms with Crippen molar-refractivity contribution in [3.05, 3.63) is 10.0 Å². The Hall–Kier alpha value is -2.11. The lowest BCUT2D eigenvalue weighted by Crippen LogP contribution is -2.29. The molecule has 9 heteroatoms. The summed E-state index contributed by atoms with van der Waals surface area (Å²) < 4.78 is 4.66. The molecule has 2 rings (SSSR count). The van der Waals surface area contributed by atoms with Gasteiger partial charge in [0.2, 0.25) is 5.95 Å². The largest absolute Gasteiger partial charge is 0.465 e. The topological polar surface area (TPSA) is 114 Å². The van der Waals surface area contributed by atoms with Crippen LogP contribution >= 0.6 is 22.9 Å². The summed E-state index contributed by atoms with van der Waals surface area (Å²) in [5, 5.41) is 12.4. The maximum absolute atomic E-state index is 11.6. The summed E-state index contributed by atoms with van der Waals surface area (Å²) >= 11 is 7.16. The second-order valence-electron chi connectivity index (χ2n) is 4.72. The number of hydrogen-bond donors (Lipinski definition) is 2. The normalized spacial score (nSPS) is 11.2. The van der Waals surface area contributed by atoms with E-state index in [-0.39, 0.29) is 21.7 Å². The molecule has 0 atom stereocenters. The van der Waals surface area contributed by atoms with Crippen LogP contribution in [0.15, 0.2) is 0 Å². The van der Waals surface area contributed by atoms with Gasteiger partial charge in [-0.2, -0.15) is 5.26 Å². The highest BCUT2D eigenvalue weighted by molar-refractivity contribution is 7.21. The van der Waals surface area contributed by atoms with Gasteiger partial charge in [-0.25, -0.2) is 14.8 Å². The van der Waals surface area contributed by atoms with Crippen LogP contribution in [0.5, 0.6) is 0 Å². The number of esters is 1. The Kier molecular flexibility index (Phi) is 3.89. The standard InChI is InChI=1S/C12H12ClN5O2S/c1-12(2,4-14)18-11-16-8(13)5-6(15)7(10(19)20-3)21-9(5)17-11/h15H2,1-3H3,(H,16,17,18). The third kappa shape index (κ3) is 2.84. The molecule has 0 spiro atoms. The second kappa shape index (κ2) is 5.35. The molecule has 110 valence electrons. The third-order valence-corrected chi connectivity index (χ3v) is 3.97. The number of anilines is 2. The minimum Gasteiger partial charge on any atom is -0.465 e. The number of methoxy groups -OCH3 is 1. The first-order chi connectivity index (χ1) is 9.79. The molecule has 21 heavy (non-hydrogen) atoms. The number of hydrogen-bond acceptors (Lipinski definition) is 8. The van der Waals surface area contributed by atoms with Crippen molar-refractivity contribution < 1.29 is 9.53 Å². The van der Waals surface area contributed by atoms with Crippen molar-refractivity contribution in [3.63, 3.8) is 0 Å². The van der Waals surface area contributed by atoms with Crippen LogP contribution in [-0.4, -0.2) is 28.6 Å². The van der Waals surface area contributed by atoms with Crippen LogP contribution in [0.4, 0.5) is 11.6 Å². The monoisotopic (exact) mass is 325 g/mol. The molecule has 7 nitrogen and oxygen atoms in total. The number of ether oxygens (including phenoxy) is 1. The highest BCUT2D eigenvalue weighted by atomic mass is 35.5. The van der Waals surface area contributed by atoms with Gasteiger partial charge in [-0.15, -0.1) is 11.3 Å². The second-order valence-corrected chi connectivity index (χ2v) is 6.07. The van der Waals surface area contributed by atoms with Gasteiger partial charge < -0.3 is 15.8 Å². The average molecular weight is 326 g/mol. The highest BCUT2D eigenvalue weighted by Crippen LogP contribution is 2.37. The zero-order chi connectivity index (χ0) is 15.8. The van der Waals surface area contributed by atoms with E-state index in [1.165, 1.54) is 7.11 Å². The van der Waals surface area contributed by atoms with E-state index in [4.69, 9.17) is 22.6 Å². The Bertz CT molecular complexity index is 765. The maximum Gasteiger partial charge on any atom is 0.350 e. The highest BCUT2D eigenvalue weighted by Gasteiger charge is 2.23. The number of nitrogens with zero attached hydrogens (tertiary/aromatic N) is 3. The number of fused-ring (bicyclic) bond motifs is 1. The van der Waals surface area contributed by atoms with E-state index in [1.807, 2.05) is 0 Å². The third-order valence-electron chi connectivity index (χ3n) is 2.62. The van der Waals surface area contributed by atoms with E-state index in [0.29, 0.717) is 10.2 Å². The average Bonchev–Trinajstić information content (AvgIpc) is 2.75. The molecule has 2 aromatic heterocycles. The number of nitrogens with one attached hydrogen (secondary N) is 1. The fraction of sp³-hybridized carbons (Fsp3) is 0.333. The molecule has 2 aromatic rings. The first-order valence-corrected chi connectivity index (χ1v) is 7.01. The Labute approximate surface area is 129 Å².